The monoisotopic (exact) mass is 381 g/mol. The number of hydrogen-bond acceptors (Lipinski definition) is 5. The third-order valence-electron chi connectivity index (χ3n) is 5.50. The van der Waals surface area contributed by atoms with Crippen molar-refractivity contribution in [2.75, 3.05) is 11.9 Å². The second-order valence-corrected chi connectivity index (χ2v) is 8.07. The number of amides is 4. The number of urea groups is 1. The molecule has 4 amide bonds. The van der Waals surface area contributed by atoms with Gasteiger partial charge in [0, 0.05) is 18.1 Å². The molecule has 1 aromatic carbocycles. The number of aromatic nitrogens is 2. The van der Waals surface area contributed by atoms with Crippen LogP contribution in [-0.4, -0.2) is 44.8 Å². The van der Waals surface area contributed by atoms with Crippen molar-refractivity contribution in [2.45, 2.75) is 38.6 Å². The summed E-state index contributed by atoms with van der Waals surface area (Å²) in [5.41, 5.74) is 1.05. The Morgan fingerprint density at radius 3 is 2.57 bits per heavy atom. The predicted octanol–water partition coefficient (Wildman–Crippen LogP) is 2.32. The molecule has 8 nitrogen and oxygen atoms in total. The second-order valence-electron chi connectivity index (χ2n) is 8.07. The van der Waals surface area contributed by atoms with Crippen LogP contribution in [0.1, 0.15) is 33.1 Å². The molecule has 2 atom stereocenters. The molecule has 2 heterocycles. The number of carbonyl (C=O) groups excluding carboxylic acids is 3. The summed E-state index contributed by atoms with van der Waals surface area (Å²) >= 11 is 0. The van der Waals surface area contributed by atoms with Crippen molar-refractivity contribution < 1.29 is 14.4 Å². The van der Waals surface area contributed by atoms with Crippen LogP contribution in [-0.2, 0) is 9.59 Å². The number of anilines is 1. The van der Waals surface area contributed by atoms with Gasteiger partial charge in [0.25, 0.3) is 5.91 Å². The summed E-state index contributed by atoms with van der Waals surface area (Å²) < 4.78 is 0. The molecule has 2 aliphatic rings. The van der Waals surface area contributed by atoms with E-state index in [1.165, 1.54) is 0 Å². The van der Waals surface area contributed by atoms with Gasteiger partial charge in [-0.05, 0) is 49.3 Å². The van der Waals surface area contributed by atoms with E-state index in [1.807, 2.05) is 0 Å². The molecule has 1 spiro atoms. The van der Waals surface area contributed by atoms with Gasteiger partial charge < -0.3 is 10.6 Å². The Bertz CT molecular complexity index is 950. The van der Waals surface area contributed by atoms with Gasteiger partial charge in [-0.3, -0.25) is 24.5 Å². The van der Waals surface area contributed by atoms with E-state index in [0.29, 0.717) is 35.9 Å². The fourth-order valence-corrected chi connectivity index (χ4v) is 4.61. The minimum atomic E-state index is -0.868. The number of hydrogen-bond donors (Lipinski definition) is 2. The molecular formula is C20H23N5O3. The lowest BCUT2D eigenvalue weighted by Crippen LogP contribution is -2.52. The number of benzene rings is 1. The first kappa shape index (κ1) is 18.3. The van der Waals surface area contributed by atoms with E-state index < -0.39 is 17.5 Å². The molecule has 28 heavy (non-hydrogen) atoms. The Kier molecular flexibility index (Phi) is 4.49. The lowest BCUT2D eigenvalue weighted by Gasteiger charge is -2.37. The molecule has 1 aliphatic heterocycles. The number of rotatable bonds is 3. The van der Waals surface area contributed by atoms with Crippen LogP contribution in [0.5, 0.6) is 0 Å². The molecule has 0 bridgehead atoms. The lowest BCUT2D eigenvalue weighted by atomic mass is 9.71. The Morgan fingerprint density at radius 1 is 1.18 bits per heavy atom. The highest BCUT2D eigenvalue weighted by Gasteiger charge is 2.54. The standard InChI is InChI=1S/C20H23N5O3/c1-12-7-13(2)10-20(9-12)18(27)25(19(28)24-20)11-17(26)23-14-3-4-15-16(8-14)22-6-5-21-15/h3-6,8,12-13H,7,9-11H2,1-2H3,(H,23,26)(H,24,28). The molecule has 1 aliphatic carbocycles. The molecule has 1 saturated heterocycles. The van der Waals surface area contributed by atoms with Gasteiger partial charge in [0.2, 0.25) is 5.91 Å². The van der Waals surface area contributed by atoms with Crippen molar-refractivity contribution in [1.82, 2.24) is 20.2 Å². The Hall–Kier alpha value is -3.03. The lowest BCUT2D eigenvalue weighted by molar-refractivity contribution is -0.135. The van der Waals surface area contributed by atoms with E-state index in [4.69, 9.17) is 0 Å². The van der Waals surface area contributed by atoms with Crippen LogP contribution in [0, 0.1) is 11.8 Å². The van der Waals surface area contributed by atoms with Crippen molar-refractivity contribution in [3.05, 3.63) is 30.6 Å². The maximum absolute atomic E-state index is 13.0. The third kappa shape index (κ3) is 3.30. The quantitative estimate of drug-likeness (QED) is 0.794. The topological polar surface area (TPSA) is 104 Å². The summed E-state index contributed by atoms with van der Waals surface area (Å²) in [5, 5.41) is 5.59. The first-order valence-corrected chi connectivity index (χ1v) is 9.51. The Labute approximate surface area is 162 Å². The van der Waals surface area contributed by atoms with Crippen LogP contribution in [0.15, 0.2) is 30.6 Å². The van der Waals surface area contributed by atoms with Gasteiger partial charge in [-0.1, -0.05) is 13.8 Å². The first-order valence-electron chi connectivity index (χ1n) is 9.51. The SMILES string of the molecule is CC1CC(C)CC2(C1)NC(=O)N(CC(=O)Nc1ccc3nccnc3c1)C2=O. The highest BCUT2D eigenvalue weighted by atomic mass is 16.2. The van der Waals surface area contributed by atoms with Crippen molar-refractivity contribution in [2.24, 2.45) is 11.8 Å². The van der Waals surface area contributed by atoms with Gasteiger partial charge >= 0.3 is 6.03 Å². The maximum atomic E-state index is 13.0. The molecule has 4 rings (SSSR count). The predicted molar refractivity (Wildman–Crippen MR) is 103 cm³/mol. The van der Waals surface area contributed by atoms with Crippen LogP contribution < -0.4 is 10.6 Å². The number of imide groups is 1. The zero-order valence-corrected chi connectivity index (χ0v) is 15.9. The molecule has 2 unspecified atom stereocenters. The van der Waals surface area contributed by atoms with E-state index in [2.05, 4.69) is 34.4 Å². The first-order chi connectivity index (χ1) is 13.4. The fraction of sp³-hybridized carbons (Fsp3) is 0.450. The molecule has 1 saturated carbocycles. The maximum Gasteiger partial charge on any atom is 0.325 e. The van der Waals surface area contributed by atoms with E-state index >= 15 is 0 Å². The van der Waals surface area contributed by atoms with Crippen molar-refractivity contribution in [3.63, 3.8) is 0 Å². The number of nitrogens with one attached hydrogen (secondary N) is 2. The van der Waals surface area contributed by atoms with Gasteiger partial charge in [-0.15, -0.1) is 0 Å². The van der Waals surface area contributed by atoms with Crippen LogP contribution in [0.3, 0.4) is 0 Å². The smallest absolute Gasteiger partial charge is 0.324 e. The number of carbonyl (C=O) groups is 3. The van der Waals surface area contributed by atoms with E-state index in [-0.39, 0.29) is 12.5 Å². The second kappa shape index (κ2) is 6.85. The Balaban J connectivity index is 1.46. The summed E-state index contributed by atoms with van der Waals surface area (Å²) in [6.07, 6.45) is 5.44. The summed E-state index contributed by atoms with van der Waals surface area (Å²) in [4.78, 5) is 47.3. The van der Waals surface area contributed by atoms with Crippen molar-refractivity contribution >= 4 is 34.6 Å². The average Bonchev–Trinajstić information content (AvgIpc) is 2.84. The van der Waals surface area contributed by atoms with E-state index in [0.717, 1.165) is 16.8 Å². The fourth-order valence-electron chi connectivity index (χ4n) is 4.61. The molecule has 2 N–H and O–H groups in total. The van der Waals surface area contributed by atoms with E-state index in [9.17, 15) is 14.4 Å². The highest BCUT2D eigenvalue weighted by molar-refractivity contribution is 6.10. The van der Waals surface area contributed by atoms with Gasteiger partial charge in [-0.25, -0.2) is 4.79 Å². The highest BCUT2D eigenvalue weighted by Crippen LogP contribution is 2.39. The normalized spacial score (nSPS) is 27.3. The van der Waals surface area contributed by atoms with Gasteiger partial charge in [-0.2, -0.15) is 0 Å². The summed E-state index contributed by atoms with van der Waals surface area (Å²) in [6.45, 7) is 3.87. The average molecular weight is 381 g/mol. The summed E-state index contributed by atoms with van der Waals surface area (Å²) in [6, 6.07) is 4.68. The molecule has 146 valence electrons. The third-order valence-corrected chi connectivity index (χ3v) is 5.50. The largest absolute Gasteiger partial charge is 0.325 e. The van der Waals surface area contributed by atoms with Crippen LogP contribution in [0.4, 0.5) is 10.5 Å². The van der Waals surface area contributed by atoms with Crippen LogP contribution in [0.25, 0.3) is 11.0 Å². The van der Waals surface area contributed by atoms with Crippen LogP contribution in [0.2, 0.25) is 0 Å². The summed E-state index contributed by atoms with van der Waals surface area (Å²) in [7, 11) is 0. The molecule has 8 heteroatoms. The zero-order valence-electron chi connectivity index (χ0n) is 15.9. The molecule has 2 fully saturated rings. The van der Waals surface area contributed by atoms with Gasteiger partial charge in [0.15, 0.2) is 0 Å². The molecule has 2 aromatic rings. The van der Waals surface area contributed by atoms with E-state index in [1.54, 1.807) is 30.6 Å². The molecular weight excluding hydrogens is 358 g/mol. The van der Waals surface area contributed by atoms with Gasteiger partial charge in [0.1, 0.15) is 12.1 Å². The Morgan fingerprint density at radius 2 is 1.86 bits per heavy atom. The van der Waals surface area contributed by atoms with Crippen molar-refractivity contribution in [3.8, 4) is 0 Å². The van der Waals surface area contributed by atoms with Crippen molar-refractivity contribution in [1.29, 1.82) is 0 Å². The minimum Gasteiger partial charge on any atom is -0.324 e. The van der Waals surface area contributed by atoms with Crippen LogP contribution >= 0.6 is 0 Å². The minimum absolute atomic E-state index is 0.296. The van der Waals surface area contributed by atoms with Gasteiger partial charge in [0.05, 0.1) is 11.0 Å². The summed E-state index contributed by atoms with van der Waals surface area (Å²) in [5.74, 6) is -0.0305. The number of fused-ring (bicyclic) bond motifs is 1. The molecule has 0 radical (unpaired) electrons. The number of nitrogens with zero attached hydrogens (tertiary/aromatic N) is 3. The zero-order chi connectivity index (χ0) is 19.9. The molecule has 1 aromatic heterocycles.